The third-order valence-corrected chi connectivity index (χ3v) is 5.19. The van der Waals surface area contributed by atoms with Gasteiger partial charge in [-0.3, -0.25) is 4.79 Å². The Morgan fingerprint density at radius 3 is 2.63 bits per heavy atom. The fourth-order valence-electron chi connectivity index (χ4n) is 3.35. The van der Waals surface area contributed by atoms with E-state index in [1.165, 1.54) is 0 Å². The number of halogens is 1. The molecule has 1 aromatic carbocycles. The Morgan fingerprint density at radius 1 is 1.37 bits per heavy atom. The van der Waals surface area contributed by atoms with E-state index < -0.39 is 5.41 Å². The van der Waals surface area contributed by atoms with E-state index in [4.69, 9.17) is 15.2 Å². The van der Waals surface area contributed by atoms with Crippen LogP contribution in [0.3, 0.4) is 0 Å². The van der Waals surface area contributed by atoms with Crippen LogP contribution in [0.15, 0.2) is 42.2 Å². The van der Waals surface area contributed by atoms with Crippen LogP contribution in [0, 0.1) is 5.41 Å². The van der Waals surface area contributed by atoms with Gasteiger partial charge in [-0.2, -0.15) is 0 Å². The molecule has 1 saturated heterocycles. The van der Waals surface area contributed by atoms with Crippen molar-refractivity contribution in [1.82, 2.24) is 5.32 Å². The second-order valence-corrected chi connectivity index (χ2v) is 7.41. The van der Waals surface area contributed by atoms with Crippen molar-refractivity contribution in [2.24, 2.45) is 11.1 Å². The maximum atomic E-state index is 12.6. The first-order chi connectivity index (χ1) is 13.0. The van der Waals surface area contributed by atoms with Gasteiger partial charge in [-0.1, -0.05) is 18.2 Å². The van der Waals surface area contributed by atoms with E-state index in [-0.39, 0.29) is 25.1 Å². The molecule has 1 aromatic rings. The normalized spacial score (nSPS) is 23.4. The van der Waals surface area contributed by atoms with Crippen LogP contribution in [0.5, 0.6) is 5.75 Å². The maximum Gasteiger partial charge on any atom is 0.230 e. The highest BCUT2D eigenvalue weighted by atomic mass is 19.1. The minimum absolute atomic E-state index is 0.0884. The number of carbonyl (C=O) groups excluding carboxylic acids is 1. The molecular weight excluding hydrogens is 347 g/mol. The Hall–Kier alpha value is -2.18. The Morgan fingerprint density at radius 2 is 2.04 bits per heavy atom. The fourth-order valence-corrected chi connectivity index (χ4v) is 3.35. The Balaban J connectivity index is 1.55. The van der Waals surface area contributed by atoms with Crippen LogP contribution in [0.2, 0.25) is 0 Å². The van der Waals surface area contributed by atoms with Crippen LogP contribution >= 0.6 is 0 Å². The molecule has 6 heteroatoms. The Kier molecular flexibility index (Phi) is 6.29. The summed E-state index contributed by atoms with van der Waals surface area (Å²) in [5, 5.41) is 3.15. The van der Waals surface area contributed by atoms with Crippen molar-refractivity contribution < 1.29 is 18.7 Å². The number of carbonyl (C=O) groups is 1. The molecule has 0 spiro atoms. The number of nitrogens with two attached hydrogens (primary N) is 1. The molecule has 1 amide bonds. The van der Waals surface area contributed by atoms with E-state index in [0.717, 1.165) is 24.0 Å². The number of ether oxygens (including phenoxy) is 2. The van der Waals surface area contributed by atoms with Crippen LogP contribution in [0.25, 0.3) is 5.57 Å². The molecule has 1 fully saturated rings. The quantitative estimate of drug-likeness (QED) is 0.770. The minimum atomic E-state index is -0.454. The Bertz CT molecular complexity index is 723. The lowest BCUT2D eigenvalue weighted by Gasteiger charge is -2.37. The molecule has 0 bridgehead atoms. The molecule has 27 heavy (non-hydrogen) atoms. The van der Waals surface area contributed by atoms with Crippen LogP contribution in [0.4, 0.5) is 4.39 Å². The van der Waals surface area contributed by atoms with Gasteiger partial charge in [0.2, 0.25) is 5.91 Å². The van der Waals surface area contributed by atoms with E-state index >= 15 is 0 Å². The molecule has 0 aromatic heterocycles. The van der Waals surface area contributed by atoms with E-state index in [9.17, 15) is 9.18 Å². The van der Waals surface area contributed by atoms with Gasteiger partial charge in [0.15, 0.2) is 0 Å². The van der Waals surface area contributed by atoms with Crippen molar-refractivity contribution in [3.63, 3.8) is 0 Å². The first-order valence-corrected chi connectivity index (χ1v) is 9.36. The zero-order chi connectivity index (χ0) is 19.3. The largest absolute Gasteiger partial charge is 0.489 e. The maximum absolute atomic E-state index is 12.6. The molecule has 3 N–H and O–H groups in total. The first kappa shape index (κ1) is 19.6. The summed E-state index contributed by atoms with van der Waals surface area (Å²) in [4.78, 5) is 12.6. The highest BCUT2D eigenvalue weighted by molar-refractivity contribution is 5.93. The van der Waals surface area contributed by atoms with Crippen molar-refractivity contribution >= 4 is 11.5 Å². The lowest BCUT2D eigenvalue weighted by molar-refractivity contribution is -0.129. The summed E-state index contributed by atoms with van der Waals surface area (Å²) < 4.78 is 23.4. The predicted molar refractivity (Wildman–Crippen MR) is 103 cm³/mol. The number of nitrogens with one attached hydrogen (secondary N) is 1. The molecule has 1 aliphatic heterocycles. The molecular formula is C21H27FN2O3. The van der Waals surface area contributed by atoms with E-state index in [2.05, 4.69) is 5.32 Å². The highest BCUT2D eigenvalue weighted by Gasteiger charge is 2.40. The van der Waals surface area contributed by atoms with Crippen LogP contribution in [-0.2, 0) is 9.53 Å². The van der Waals surface area contributed by atoms with Crippen molar-refractivity contribution in [3.05, 3.63) is 47.8 Å². The molecule has 2 aliphatic rings. The number of allylic oxidation sites excluding steroid dienone is 1. The van der Waals surface area contributed by atoms with Gasteiger partial charge in [-0.15, -0.1) is 0 Å². The zero-order valence-electron chi connectivity index (χ0n) is 15.7. The second kappa shape index (κ2) is 8.67. The number of amides is 1. The van der Waals surface area contributed by atoms with Crippen molar-refractivity contribution in [1.29, 1.82) is 0 Å². The van der Waals surface area contributed by atoms with Crippen molar-refractivity contribution in [2.45, 2.75) is 32.2 Å². The average Bonchev–Trinajstić information content (AvgIpc) is 2.67. The summed E-state index contributed by atoms with van der Waals surface area (Å²) in [5.41, 5.74) is 7.59. The third-order valence-electron chi connectivity index (χ3n) is 5.19. The monoisotopic (exact) mass is 374 g/mol. The molecule has 0 radical (unpaired) electrons. The lowest BCUT2D eigenvalue weighted by atomic mass is 9.69. The predicted octanol–water partition coefficient (Wildman–Crippen LogP) is 2.97. The molecule has 0 saturated carbocycles. The summed E-state index contributed by atoms with van der Waals surface area (Å²) in [6.07, 6.45) is 4.99. The number of hydrogen-bond acceptors (Lipinski definition) is 4. The smallest absolute Gasteiger partial charge is 0.230 e. The standard InChI is InChI=1S/C21H27FN2O3/c1-21(20(25)24-18-6-8-26-9-7-18)10-17(11-21)16-2-4-19(5-3-16)27-14-15(12-22)13-23/h2-5,10,12,18H,6-9,11,13-14,23H2,1H3,(H,24,25)/b15-12+. The van der Waals surface area contributed by atoms with E-state index in [1.807, 2.05) is 37.3 Å². The lowest BCUT2D eigenvalue weighted by Crippen LogP contribution is -2.47. The van der Waals surface area contributed by atoms with Crippen LogP contribution in [0.1, 0.15) is 31.7 Å². The van der Waals surface area contributed by atoms with Crippen molar-refractivity contribution in [3.8, 4) is 5.75 Å². The fraction of sp³-hybridized carbons (Fsp3) is 0.476. The van der Waals surface area contributed by atoms with E-state index in [0.29, 0.717) is 37.3 Å². The minimum Gasteiger partial charge on any atom is -0.489 e. The molecule has 1 heterocycles. The number of benzene rings is 1. The highest BCUT2D eigenvalue weighted by Crippen LogP contribution is 2.44. The Labute approximate surface area is 159 Å². The summed E-state index contributed by atoms with van der Waals surface area (Å²) in [5.74, 6) is 0.747. The third kappa shape index (κ3) is 4.76. The molecule has 1 aliphatic carbocycles. The van der Waals surface area contributed by atoms with E-state index in [1.54, 1.807) is 0 Å². The zero-order valence-corrected chi connectivity index (χ0v) is 15.7. The molecule has 3 rings (SSSR count). The number of rotatable bonds is 7. The van der Waals surface area contributed by atoms with Gasteiger partial charge < -0.3 is 20.5 Å². The summed E-state index contributed by atoms with van der Waals surface area (Å²) in [6, 6.07) is 7.82. The van der Waals surface area contributed by atoms with Gasteiger partial charge in [0.25, 0.3) is 0 Å². The van der Waals surface area contributed by atoms with Gasteiger partial charge >= 0.3 is 0 Å². The molecule has 146 valence electrons. The van der Waals surface area contributed by atoms with Gasteiger partial charge in [0.1, 0.15) is 12.4 Å². The SMILES string of the molecule is CC1(C(=O)NC2CCOCC2)C=C(c2ccc(OC/C(=C/F)CN)cc2)C1. The second-order valence-electron chi connectivity index (χ2n) is 7.41. The van der Waals surface area contributed by atoms with Crippen LogP contribution < -0.4 is 15.8 Å². The van der Waals surface area contributed by atoms with Crippen molar-refractivity contribution in [2.75, 3.05) is 26.4 Å². The topological polar surface area (TPSA) is 73.6 Å². The van der Waals surface area contributed by atoms with Gasteiger partial charge in [-0.05, 0) is 49.5 Å². The summed E-state index contributed by atoms with van der Waals surface area (Å²) in [6.45, 7) is 3.67. The summed E-state index contributed by atoms with van der Waals surface area (Å²) >= 11 is 0. The van der Waals surface area contributed by atoms with Crippen LogP contribution in [-0.4, -0.2) is 38.3 Å². The van der Waals surface area contributed by atoms with Gasteiger partial charge in [0, 0.05) is 31.4 Å². The van der Waals surface area contributed by atoms with Gasteiger partial charge in [-0.25, -0.2) is 4.39 Å². The number of hydrogen-bond donors (Lipinski definition) is 2. The molecule has 1 unspecified atom stereocenters. The summed E-state index contributed by atoms with van der Waals surface area (Å²) in [7, 11) is 0. The molecule has 1 atom stereocenters. The average molecular weight is 374 g/mol. The van der Waals surface area contributed by atoms with Gasteiger partial charge in [0.05, 0.1) is 11.7 Å². The molecule has 5 nitrogen and oxygen atoms in total. The first-order valence-electron chi connectivity index (χ1n) is 9.36.